The Labute approximate surface area is 77.8 Å². The summed E-state index contributed by atoms with van der Waals surface area (Å²) in [5.74, 6) is 0. The number of hydrogen-bond acceptors (Lipinski definition) is 2. The molecular formula is C8H12N2O2S. The van der Waals surface area contributed by atoms with Crippen molar-refractivity contribution in [1.29, 1.82) is 0 Å². The van der Waals surface area contributed by atoms with E-state index in [1.165, 1.54) is 0 Å². The largest absolute Gasteiger partial charge is 0.577 e. The summed E-state index contributed by atoms with van der Waals surface area (Å²) in [4.78, 5) is 0. The van der Waals surface area contributed by atoms with Crippen molar-refractivity contribution in [3.63, 3.8) is 0 Å². The number of sulfonamides is 1. The molecule has 0 aliphatic heterocycles. The molecule has 0 spiro atoms. The summed E-state index contributed by atoms with van der Waals surface area (Å²) in [6.45, 7) is 0.537. The van der Waals surface area contributed by atoms with Crippen molar-refractivity contribution in [3.8, 4) is 0 Å². The zero-order valence-corrected chi connectivity index (χ0v) is 8.21. The van der Waals surface area contributed by atoms with Gasteiger partial charge in [-0.25, -0.2) is 8.42 Å². The highest BCUT2D eigenvalue weighted by molar-refractivity contribution is 7.93. The Kier molecular flexibility index (Phi) is 2.90. The molecule has 0 unspecified atom stereocenters. The fourth-order valence-electron chi connectivity index (χ4n) is 0.990. The molecule has 0 aromatic heterocycles. The molecule has 1 rings (SSSR count). The second kappa shape index (κ2) is 3.76. The number of quaternary nitrogens is 1. The van der Waals surface area contributed by atoms with E-state index in [-0.39, 0.29) is 0 Å². The monoisotopic (exact) mass is 200 g/mol. The lowest BCUT2D eigenvalue weighted by atomic mass is 10.2. The molecule has 0 fully saturated rings. The average Bonchev–Trinajstić information content (AvgIpc) is 2.02. The van der Waals surface area contributed by atoms with Gasteiger partial charge < -0.3 is 10.5 Å². The minimum Gasteiger partial charge on any atom is -0.577 e. The minimum absolute atomic E-state index is 0.486. The van der Waals surface area contributed by atoms with Gasteiger partial charge in [0.25, 0.3) is 0 Å². The van der Waals surface area contributed by atoms with E-state index in [2.05, 4.69) is 10.5 Å². The van der Waals surface area contributed by atoms with Gasteiger partial charge in [0.2, 0.25) is 0 Å². The van der Waals surface area contributed by atoms with Crippen molar-refractivity contribution < 1.29 is 14.2 Å². The van der Waals surface area contributed by atoms with Gasteiger partial charge in [-0.05, 0) is 5.56 Å². The van der Waals surface area contributed by atoms with Crippen LogP contribution in [0.3, 0.4) is 0 Å². The Balaban J connectivity index is 3.01. The van der Waals surface area contributed by atoms with Gasteiger partial charge >= 0.3 is 0 Å². The molecule has 0 saturated carbocycles. The summed E-state index contributed by atoms with van der Waals surface area (Å²) in [7, 11) is -3.31. The minimum atomic E-state index is -3.31. The van der Waals surface area contributed by atoms with E-state index < -0.39 is 10.0 Å². The molecule has 72 valence electrons. The predicted octanol–water partition coefficient (Wildman–Crippen LogP) is 0.393. The molecule has 0 atom stereocenters. The van der Waals surface area contributed by atoms with E-state index in [1.54, 1.807) is 12.1 Å². The normalized spacial score (nSPS) is 11.2. The van der Waals surface area contributed by atoms with Crippen molar-refractivity contribution in [1.82, 2.24) is 0 Å². The SMILES string of the molecule is CS(=O)(=O)[N-]c1ccccc1C[NH3+]. The van der Waals surface area contributed by atoms with Crippen LogP contribution in [-0.2, 0) is 16.6 Å². The summed E-state index contributed by atoms with van der Waals surface area (Å²) in [5.41, 5.74) is 5.02. The van der Waals surface area contributed by atoms with Crippen LogP contribution in [0.15, 0.2) is 24.3 Å². The van der Waals surface area contributed by atoms with Crippen LogP contribution < -0.4 is 5.73 Å². The van der Waals surface area contributed by atoms with Crippen LogP contribution in [0.1, 0.15) is 5.56 Å². The highest BCUT2D eigenvalue weighted by atomic mass is 32.2. The smallest absolute Gasteiger partial charge is 0.0985 e. The third-order valence-corrected chi connectivity index (χ3v) is 2.05. The maximum Gasteiger partial charge on any atom is 0.0985 e. The lowest BCUT2D eigenvalue weighted by Crippen LogP contribution is -2.47. The van der Waals surface area contributed by atoms with E-state index in [4.69, 9.17) is 0 Å². The molecule has 4 nitrogen and oxygen atoms in total. The van der Waals surface area contributed by atoms with Gasteiger partial charge in [-0.15, -0.1) is 5.69 Å². The first-order chi connectivity index (χ1) is 6.03. The standard InChI is InChI=1S/C8H11N2O2S/c1-13(11,12)10-8-5-3-2-4-7(8)6-9/h2-5H,6,9H2,1H3/q-1/p+1. The maximum atomic E-state index is 10.9. The Hall–Kier alpha value is -1.07. The first kappa shape index (κ1) is 10.0. The molecule has 0 saturated heterocycles. The molecule has 0 amide bonds. The Morgan fingerprint density at radius 1 is 1.38 bits per heavy atom. The summed E-state index contributed by atoms with van der Waals surface area (Å²) in [6, 6.07) is 7.07. The second-order valence-electron chi connectivity index (χ2n) is 2.70. The zero-order valence-electron chi connectivity index (χ0n) is 7.40. The first-order valence-corrected chi connectivity index (χ1v) is 5.68. The lowest BCUT2D eigenvalue weighted by Gasteiger charge is -2.20. The maximum absolute atomic E-state index is 10.9. The van der Waals surface area contributed by atoms with Gasteiger partial charge in [0.1, 0.15) is 0 Å². The third kappa shape index (κ3) is 3.04. The lowest BCUT2D eigenvalue weighted by molar-refractivity contribution is -0.386. The van der Waals surface area contributed by atoms with Crippen molar-refractivity contribution in [2.45, 2.75) is 6.54 Å². The van der Waals surface area contributed by atoms with Gasteiger partial charge in [-0.2, -0.15) is 0 Å². The van der Waals surface area contributed by atoms with Crippen LogP contribution in [0.2, 0.25) is 0 Å². The van der Waals surface area contributed by atoms with Crippen LogP contribution in [-0.4, -0.2) is 14.7 Å². The zero-order chi connectivity index (χ0) is 9.90. The van der Waals surface area contributed by atoms with Gasteiger partial charge in [-0.1, -0.05) is 24.3 Å². The predicted molar refractivity (Wildman–Crippen MR) is 50.9 cm³/mol. The van der Waals surface area contributed by atoms with Crippen LogP contribution in [0, 0.1) is 0 Å². The first-order valence-electron chi connectivity index (χ1n) is 3.83. The average molecular weight is 200 g/mol. The van der Waals surface area contributed by atoms with Crippen LogP contribution in [0.4, 0.5) is 5.69 Å². The van der Waals surface area contributed by atoms with Crippen LogP contribution in [0.5, 0.6) is 0 Å². The van der Waals surface area contributed by atoms with Gasteiger partial charge in [0.05, 0.1) is 16.6 Å². The van der Waals surface area contributed by atoms with Crippen LogP contribution >= 0.6 is 0 Å². The second-order valence-corrected chi connectivity index (χ2v) is 4.35. The Morgan fingerprint density at radius 2 is 2.00 bits per heavy atom. The fourth-order valence-corrected chi connectivity index (χ4v) is 1.53. The summed E-state index contributed by atoms with van der Waals surface area (Å²) >= 11 is 0. The summed E-state index contributed by atoms with van der Waals surface area (Å²) in [5, 5.41) is 0. The molecular weight excluding hydrogens is 188 g/mol. The van der Waals surface area contributed by atoms with Crippen molar-refractivity contribution in [3.05, 3.63) is 34.6 Å². The van der Waals surface area contributed by atoms with E-state index in [0.29, 0.717) is 12.2 Å². The van der Waals surface area contributed by atoms with E-state index in [9.17, 15) is 8.42 Å². The summed E-state index contributed by atoms with van der Waals surface area (Å²) in [6.07, 6.45) is 1.08. The third-order valence-electron chi connectivity index (χ3n) is 1.53. The molecule has 0 aliphatic carbocycles. The van der Waals surface area contributed by atoms with Crippen molar-refractivity contribution in [2.75, 3.05) is 6.26 Å². The fraction of sp³-hybridized carbons (Fsp3) is 0.250. The van der Waals surface area contributed by atoms with E-state index in [1.807, 2.05) is 12.1 Å². The van der Waals surface area contributed by atoms with Crippen molar-refractivity contribution >= 4 is 15.7 Å². The molecule has 0 heterocycles. The molecule has 0 aliphatic rings. The van der Waals surface area contributed by atoms with E-state index >= 15 is 0 Å². The number of rotatable bonds is 3. The Morgan fingerprint density at radius 3 is 2.54 bits per heavy atom. The van der Waals surface area contributed by atoms with E-state index in [0.717, 1.165) is 11.8 Å². The number of nitrogens with zero attached hydrogens (tertiary/aromatic N) is 1. The number of hydrogen-bond donors (Lipinski definition) is 1. The van der Waals surface area contributed by atoms with Gasteiger partial charge in [0.15, 0.2) is 0 Å². The molecule has 13 heavy (non-hydrogen) atoms. The van der Waals surface area contributed by atoms with Crippen molar-refractivity contribution in [2.24, 2.45) is 0 Å². The quantitative estimate of drug-likeness (QED) is 0.766. The van der Waals surface area contributed by atoms with Gasteiger partial charge in [-0.3, -0.25) is 0 Å². The molecule has 1 aromatic rings. The Bertz CT molecular complexity index is 387. The molecule has 0 bridgehead atoms. The molecule has 0 radical (unpaired) electrons. The summed E-state index contributed by atoms with van der Waals surface area (Å²) < 4.78 is 25.4. The van der Waals surface area contributed by atoms with Gasteiger partial charge in [0, 0.05) is 6.26 Å². The number of benzene rings is 1. The molecule has 3 N–H and O–H groups in total. The van der Waals surface area contributed by atoms with Crippen LogP contribution in [0.25, 0.3) is 4.72 Å². The highest BCUT2D eigenvalue weighted by Gasteiger charge is 1.95. The molecule has 1 aromatic carbocycles. The highest BCUT2D eigenvalue weighted by Crippen LogP contribution is 2.25. The topological polar surface area (TPSA) is 75.9 Å². The molecule has 5 heteroatoms.